The molecule has 0 radical (unpaired) electrons. The van der Waals surface area contributed by atoms with Gasteiger partial charge >= 0.3 is 0 Å². The summed E-state index contributed by atoms with van der Waals surface area (Å²) in [7, 11) is -2.24. The van der Waals surface area contributed by atoms with E-state index < -0.39 is 10.1 Å². The van der Waals surface area contributed by atoms with Gasteiger partial charge in [0.1, 0.15) is 0 Å². The first-order valence-electron chi connectivity index (χ1n) is 3.69. The molecule has 5 heteroatoms. The molecule has 0 aliphatic heterocycles. The van der Waals surface area contributed by atoms with Crippen LogP contribution in [0, 0.1) is 16.7 Å². The Morgan fingerprint density at radius 1 is 1.58 bits per heavy atom. The normalized spacial score (nSPS) is 20.0. The zero-order valence-corrected chi connectivity index (χ0v) is 7.73. The second kappa shape index (κ2) is 3.04. The summed E-state index contributed by atoms with van der Waals surface area (Å²) in [4.78, 5) is 0. The Labute approximate surface area is 72.3 Å². The van der Waals surface area contributed by atoms with Gasteiger partial charge in [-0.25, -0.2) is 0 Å². The lowest BCUT2D eigenvalue weighted by Gasteiger charge is -2.08. The number of nitrogens with zero attached hydrogens (tertiary/aromatic N) is 1. The number of hydrogen-bond acceptors (Lipinski definition) is 4. The number of rotatable bonds is 4. The van der Waals surface area contributed by atoms with E-state index in [1.807, 2.05) is 6.07 Å². The molecule has 68 valence electrons. The van der Waals surface area contributed by atoms with Crippen molar-refractivity contribution in [2.24, 2.45) is 5.41 Å². The zero-order valence-electron chi connectivity index (χ0n) is 6.91. The Balaban J connectivity index is 2.58. The van der Waals surface area contributed by atoms with Crippen LogP contribution >= 0.6 is 0 Å². The summed E-state index contributed by atoms with van der Waals surface area (Å²) in [5.74, 6) is -0.00986. The highest BCUT2D eigenvalue weighted by molar-refractivity contribution is 7.86. The summed E-state index contributed by atoms with van der Waals surface area (Å²) < 4.78 is 26.3. The molecule has 4 nitrogen and oxygen atoms in total. The van der Waals surface area contributed by atoms with Crippen molar-refractivity contribution >= 4 is 10.1 Å². The smallest absolute Gasteiger partial charge is 0.267 e. The van der Waals surface area contributed by atoms with Crippen LogP contribution in [0.25, 0.3) is 0 Å². The summed E-state index contributed by atoms with van der Waals surface area (Å²) in [6, 6.07) is 2.00. The van der Waals surface area contributed by atoms with E-state index in [0.29, 0.717) is 6.42 Å². The fraction of sp³-hybridized carbons (Fsp3) is 0.857. The lowest BCUT2D eigenvalue weighted by atomic mass is 10.1. The molecule has 0 aromatic heterocycles. The molecule has 0 unspecified atom stereocenters. The van der Waals surface area contributed by atoms with Crippen LogP contribution in [0.2, 0.25) is 0 Å². The van der Waals surface area contributed by atoms with E-state index in [1.165, 1.54) is 0 Å². The van der Waals surface area contributed by atoms with Crippen LogP contribution in [-0.2, 0) is 14.3 Å². The summed E-state index contributed by atoms with van der Waals surface area (Å²) in [6.07, 6.45) is 1.96. The summed E-state index contributed by atoms with van der Waals surface area (Å²) in [5.41, 5.74) is -0.288. The average Bonchev–Trinajstić information content (AvgIpc) is 2.69. The standard InChI is InChI=1S/C7H11NO3S/c1-11-12(9,10)6-7(2-3-7)4-5-8/h2-4,6H2,1H3. The van der Waals surface area contributed by atoms with Crippen molar-refractivity contribution in [3.63, 3.8) is 0 Å². The van der Waals surface area contributed by atoms with Gasteiger partial charge in [-0.3, -0.25) is 4.18 Å². The molecule has 0 bridgehead atoms. The maximum atomic E-state index is 11.0. The maximum Gasteiger partial charge on any atom is 0.267 e. The Bertz CT molecular complexity index is 297. The van der Waals surface area contributed by atoms with Gasteiger partial charge in [-0.05, 0) is 18.3 Å². The Kier molecular flexibility index (Phi) is 2.40. The van der Waals surface area contributed by atoms with E-state index >= 15 is 0 Å². The summed E-state index contributed by atoms with van der Waals surface area (Å²) >= 11 is 0. The Hall–Kier alpha value is -0.600. The zero-order chi connectivity index (χ0) is 9.24. The highest BCUT2D eigenvalue weighted by Gasteiger charge is 2.46. The average molecular weight is 189 g/mol. The van der Waals surface area contributed by atoms with Crippen LogP contribution in [-0.4, -0.2) is 21.3 Å². The first kappa shape index (κ1) is 9.49. The van der Waals surface area contributed by atoms with E-state index in [-0.39, 0.29) is 11.2 Å². The monoisotopic (exact) mass is 189 g/mol. The topological polar surface area (TPSA) is 67.2 Å². The van der Waals surface area contributed by atoms with Crippen LogP contribution < -0.4 is 0 Å². The minimum Gasteiger partial charge on any atom is -0.273 e. The minimum absolute atomic E-state index is 0.00986. The van der Waals surface area contributed by atoms with Gasteiger partial charge in [-0.1, -0.05) is 0 Å². The predicted octanol–water partition coefficient (Wildman–Crippen LogP) is 0.656. The quantitative estimate of drug-likeness (QED) is 0.609. The van der Waals surface area contributed by atoms with Crippen LogP contribution in [0.1, 0.15) is 19.3 Å². The fourth-order valence-electron chi connectivity index (χ4n) is 1.15. The van der Waals surface area contributed by atoms with Gasteiger partial charge in [0.05, 0.1) is 18.9 Å². The lowest BCUT2D eigenvalue weighted by Crippen LogP contribution is -2.17. The van der Waals surface area contributed by atoms with Crippen LogP contribution in [0.15, 0.2) is 0 Å². The van der Waals surface area contributed by atoms with Gasteiger partial charge < -0.3 is 0 Å². The molecule has 0 N–H and O–H groups in total. The Morgan fingerprint density at radius 3 is 2.50 bits per heavy atom. The molecule has 0 spiro atoms. The molecule has 0 amide bonds. The predicted molar refractivity (Wildman–Crippen MR) is 42.7 cm³/mol. The van der Waals surface area contributed by atoms with Gasteiger partial charge in [-0.15, -0.1) is 0 Å². The molecule has 1 rings (SSSR count). The third-order valence-electron chi connectivity index (χ3n) is 2.15. The molecule has 0 aromatic carbocycles. The molecule has 1 aliphatic rings. The summed E-state index contributed by atoms with van der Waals surface area (Å²) in [6.45, 7) is 0. The van der Waals surface area contributed by atoms with Gasteiger partial charge in [0.15, 0.2) is 0 Å². The molecule has 0 saturated heterocycles. The molecule has 1 saturated carbocycles. The van der Waals surface area contributed by atoms with Gasteiger partial charge in [0, 0.05) is 6.42 Å². The van der Waals surface area contributed by atoms with Crippen molar-refractivity contribution in [2.75, 3.05) is 12.9 Å². The highest BCUT2D eigenvalue weighted by Crippen LogP contribution is 2.49. The van der Waals surface area contributed by atoms with Gasteiger partial charge in [0.25, 0.3) is 10.1 Å². The molecule has 12 heavy (non-hydrogen) atoms. The van der Waals surface area contributed by atoms with Crippen LogP contribution in [0.5, 0.6) is 0 Å². The van der Waals surface area contributed by atoms with Gasteiger partial charge in [-0.2, -0.15) is 13.7 Å². The molecular formula is C7H11NO3S. The molecule has 0 aromatic rings. The second-order valence-electron chi connectivity index (χ2n) is 3.20. The van der Waals surface area contributed by atoms with Crippen molar-refractivity contribution in [1.82, 2.24) is 0 Å². The van der Waals surface area contributed by atoms with E-state index in [1.54, 1.807) is 0 Å². The SMILES string of the molecule is COS(=O)(=O)CC1(CC#N)CC1. The van der Waals surface area contributed by atoms with Crippen molar-refractivity contribution in [2.45, 2.75) is 19.3 Å². The first-order valence-corrected chi connectivity index (χ1v) is 5.27. The minimum atomic E-state index is -3.39. The van der Waals surface area contributed by atoms with Crippen molar-refractivity contribution in [3.8, 4) is 6.07 Å². The molecule has 0 atom stereocenters. The lowest BCUT2D eigenvalue weighted by molar-refractivity contribution is 0.386. The molecule has 0 heterocycles. The van der Waals surface area contributed by atoms with Crippen molar-refractivity contribution in [1.29, 1.82) is 5.26 Å². The summed E-state index contributed by atoms with van der Waals surface area (Å²) in [5, 5.41) is 8.43. The van der Waals surface area contributed by atoms with Crippen molar-refractivity contribution in [3.05, 3.63) is 0 Å². The Morgan fingerprint density at radius 2 is 2.17 bits per heavy atom. The van der Waals surface area contributed by atoms with Gasteiger partial charge in [0.2, 0.25) is 0 Å². The van der Waals surface area contributed by atoms with E-state index in [2.05, 4.69) is 4.18 Å². The molecule has 1 aliphatic carbocycles. The second-order valence-corrected chi connectivity index (χ2v) is 4.94. The number of hydrogen-bond donors (Lipinski definition) is 0. The van der Waals surface area contributed by atoms with E-state index in [0.717, 1.165) is 20.0 Å². The van der Waals surface area contributed by atoms with E-state index in [4.69, 9.17) is 5.26 Å². The third kappa shape index (κ3) is 2.19. The molecular weight excluding hydrogens is 178 g/mol. The highest BCUT2D eigenvalue weighted by atomic mass is 32.2. The third-order valence-corrected chi connectivity index (χ3v) is 3.62. The number of nitriles is 1. The van der Waals surface area contributed by atoms with E-state index in [9.17, 15) is 8.42 Å². The van der Waals surface area contributed by atoms with Crippen LogP contribution in [0.3, 0.4) is 0 Å². The first-order chi connectivity index (χ1) is 5.54. The van der Waals surface area contributed by atoms with Crippen LogP contribution in [0.4, 0.5) is 0 Å². The molecule has 1 fully saturated rings. The maximum absolute atomic E-state index is 11.0. The van der Waals surface area contributed by atoms with Crippen molar-refractivity contribution < 1.29 is 12.6 Å². The fourth-order valence-corrected chi connectivity index (χ4v) is 2.41. The largest absolute Gasteiger partial charge is 0.273 e.